The molecule has 4 heteroatoms. The van der Waals surface area contributed by atoms with Crippen molar-refractivity contribution >= 4 is 38.6 Å². The van der Waals surface area contributed by atoms with Gasteiger partial charge in [-0.05, 0) is 42.3 Å². The minimum atomic E-state index is 0.391. The lowest BCUT2D eigenvalue weighted by Crippen LogP contribution is -1.99. The van der Waals surface area contributed by atoms with Crippen LogP contribution >= 0.6 is 27.5 Å². The molecule has 3 rings (SSSR count). The smallest absolute Gasteiger partial charge is 0.129 e. The van der Waals surface area contributed by atoms with E-state index in [4.69, 9.17) is 11.6 Å². The van der Waals surface area contributed by atoms with E-state index in [-0.39, 0.29) is 0 Å². The molecule has 1 heterocycles. The molecule has 102 valence electrons. The fourth-order valence-electron chi connectivity index (χ4n) is 2.36. The normalized spacial score (nSPS) is 11.2. The van der Waals surface area contributed by atoms with Crippen LogP contribution in [0.15, 0.2) is 46.9 Å². The van der Waals surface area contributed by atoms with Gasteiger partial charge in [-0.1, -0.05) is 35.0 Å². The summed E-state index contributed by atoms with van der Waals surface area (Å²) in [6.07, 6.45) is 1.04. The highest BCUT2D eigenvalue weighted by atomic mass is 79.9. The van der Waals surface area contributed by atoms with E-state index in [9.17, 15) is 0 Å². The van der Waals surface area contributed by atoms with E-state index in [1.54, 1.807) is 0 Å². The number of fused-ring (bicyclic) bond motifs is 1. The van der Waals surface area contributed by atoms with Gasteiger partial charge in [0.05, 0.1) is 16.9 Å². The van der Waals surface area contributed by atoms with Crippen molar-refractivity contribution in [3.05, 3.63) is 58.3 Å². The molecule has 0 atom stereocenters. The number of nitrogens with zero attached hydrogens (tertiary/aromatic N) is 2. The van der Waals surface area contributed by atoms with Crippen molar-refractivity contribution < 1.29 is 0 Å². The SMILES string of the molecule is CCc1ccc(-n2c(CCl)nc3ccc(Br)cc32)cc1. The summed E-state index contributed by atoms with van der Waals surface area (Å²) in [5.74, 6) is 1.26. The Balaban J connectivity index is 2.24. The van der Waals surface area contributed by atoms with Crippen LogP contribution in [0.3, 0.4) is 0 Å². The van der Waals surface area contributed by atoms with Gasteiger partial charge in [0.1, 0.15) is 5.82 Å². The third kappa shape index (κ3) is 2.36. The Bertz CT molecular complexity index is 747. The van der Waals surface area contributed by atoms with Gasteiger partial charge in [-0.25, -0.2) is 4.98 Å². The second kappa shape index (κ2) is 5.58. The fourth-order valence-corrected chi connectivity index (χ4v) is 2.89. The molecule has 0 aliphatic rings. The highest BCUT2D eigenvalue weighted by molar-refractivity contribution is 9.10. The summed E-state index contributed by atoms with van der Waals surface area (Å²) >= 11 is 9.58. The average molecular weight is 350 g/mol. The Kier molecular flexibility index (Phi) is 3.81. The maximum absolute atomic E-state index is 6.06. The Hall–Kier alpha value is -1.32. The fraction of sp³-hybridized carbons (Fsp3) is 0.188. The molecule has 1 aromatic heterocycles. The molecule has 0 amide bonds. The van der Waals surface area contributed by atoms with E-state index in [1.807, 2.05) is 12.1 Å². The molecule has 0 saturated heterocycles. The zero-order chi connectivity index (χ0) is 14.1. The standard InChI is InChI=1S/C16H14BrClN2/c1-2-11-3-6-13(7-4-11)20-15-9-12(17)5-8-14(15)19-16(20)10-18/h3-9H,2,10H2,1H3. The number of aryl methyl sites for hydroxylation is 1. The minimum Gasteiger partial charge on any atom is -0.295 e. The third-order valence-electron chi connectivity index (χ3n) is 3.41. The monoisotopic (exact) mass is 348 g/mol. The zero-order valence-electron chi connectivity index (χ0n) is 11.1. The summed E-state index contributed by atoms with van der Waals surface area (Å²) in [5, 5.41) is 0. The number of hydrogen-bond acceptors (Lipinski definition) is 1. The first-order valence-corrected chi connectivity index (χ1v) is 7.88. The van der Waals surface area contributed by atoms with Crippen LogP contribution in [0.25, 0.3) is 16.7 Å². The quantitative estimate of drug-likeness (QED) is 0.602. The molecule has 0 aliphatic carbocycles. The number of alkyl halides is 1. The van der Waals surface area contributed by atoms with Crippen molar-refractivity contribution in [1.82, 2.24) is 9.55 Å². The van der Waals surface area contributed by atoms with Gasteiger partial charge in [0, 0.05) is 10.2 Å². The van der Waals surface area contributed by atoms with Gasteiger partial charge in [-0.15, -0.1) is 11.6 Å². The Morgan fingerprint density at radius 3 is 2.55 bits per heavy atom. The van der Waals surface area contributed by atoms with Crippen molar-refractivity contribution in [3.63, 3.8) is 0 Å². The minimum absolute atomic E-state index is 0.391. The average Bonchev–Trinajstić information content (AvgIpc) is 2.85. The first kappa shape index (κ1) is 13.7. The summed E-state index contributed by atoms with van der Waals surface area (Å²) in [7, 11) is 0. The van der Waals surface area contributed by atoms with Crippen LogP contribution in [-0.4, -0.2) is 9.55 Å². The first-order valence-electron chi connectivity index (χ1n) is 6.55. The van der Waals surface area contributed by atoms with E-state index in [0.29, 0.717) is 5.88 Å². The molecule has 0 bridgehead atoms. The predicted octanol–water partition coefficient (Wildman–Crippen LogP) is 5.09. The summed E-state index contributed by atoms with van der Waals surface area (Å²) in [6.45, 7) is 2.16. The van der Waals surface area contributed by atoms with Crippen molar-refractivity contribution in [2.75, 3.05) is 0 Å². The van der Waals surface area contributed by atoms with Crippen molar-refractivity contribution in [3.8, 4) is 5.69 Å². The summed E-state index contributed by atoms with van der Waals surface area (Å²) in [5.41, 5.74) is 4.45. The van der Waals surface area contributed by atoms with E-state index < -0.39 is 0 Å². The maximum atomic E-state index is 6.06. The maximum Gasteiger partial charge on any atom is 0.129 e. The molecule has 0 unspecified atom stereocenters. The number of aromatic nitrogens is 2. The van der Waals surface area contributed by atoms with Gasteiger partial charge >= 0.3 is 0 Å². The molecule has 0 spiro atoms. The van der Waals surface area contributed by atoms with Gasteiger partial charge in [-0.2, -0.15) is 0 Å². The lowest BCUT2D eigenvalue weighted by atomic mass is 10.1. The van der Waals surface area contributed by atoms with Crippen molar-refractivity contribution in [2.24, 2.45) is 0 Å². The predicted molar refractivity (Wildman–Crippen MR) is 87.7 cm³/mol. The molecule has 0 radical (unpaired) electrons. The molecule has 0 saturated carbocycles. The summed E-state index contributed by atoms with van der Waals surface area (Å²) in [6, 6.07) is 14.6. The van der Waals surface area contributed by atoms with E-state index in [1.165, 1.54) is 5.56 Å². The molecule has 3 aromatic rings. The highest BCUT2D eigenvalue weighted by Gasteiger charge is 2.11. The number of hydrogen-bond donors (Lipinski definition) is 0. The van der Waals surface area contributed by atoms with Crippen molar-refractivity contribution in [2.45, 2.75) is 19.2 Å². The first-order chi connectivity index (χ1) is 9.72. The van der Waals surface area contributed by atoms with Crippen LogP contribution in [-0.2, 0) is 12.3 Å². The Morgan fingerprint density at radius 1 is 1.15 bits per heavy atom. The number of imidazole rings is 1. The number of rotatable bonds is 3. The van der Waals surface area contributed by atoms with E-state index >= 15 is 0 Å². The van der Waals surface area contributed by atoms with Crippen LogP contribution in [0, 0.1) is 0 Å². The van der Waals surface area contributed by atoms with Gasteiger partial charge in [0.25, 0.3) is 0 Å². The summed E-state index contributed by atoms with van der Waals surface area (Å²) in [4.78, 5) is 4.60. The van der Waals surface area contributed by atoms with Gasteiger partial charge in [0.2, 0.25) is 0 Å². The Morgan fingerprint density at radius 2 is 1.90 bits per heavy atom. The van der Waals surface area contributed by atoms with Crippen LogP contribution in [0.5, 0.6) is 0 Å². The van der Waals surface area contributed by atoms with Gasteiger partial charge in [-0.3, -0.25) is 4.57 Å². The van der Waals surface area contributed by atoms with Crippen LogP contribution in [0.2, 0.25) is 0 Å². The van der Waals surface area contributed by atoms with Crippen LogP contribution in [0.1, 0.15) is 18.3 Å². The Labute approximate surface area is 131 Å². The topological polar surface area (TPSA) is 17.8 Å². The molecule has 2 aromatic carbocycles. The number of benzene rings is 2. The lowest BCUT2D eigenvalue weighted by molar-refractivity contribution is 0.979. The van der Waals surface area contributed by atoms with E-state index in [2.05, 4.69) is 62.7 Å². The van der Waals surface area contributed by atoms with E-state index in [0.717, 1.165) is 33.4 Å². The molecule has 20 heavy (non-hydrogen) atoms. The van der Waals surface area contributed by atoms with Crippen LogP contribution < -0.4 is 0 Å². The number of halogens is 2. The van der Waals surface area contributed by atoms with Crippen molar-refractivity contribution in [1.29, 1.82) is 0 Å². The molecule has 2 nitrogen and oxygen atoms in total. The van der Waals surface area contributed by atoms with Gasteiger partial charge in [0.15, 0.2) is 0 Å². The van der Waals surface area contributed by atoms with Crippen LogP contribution in [0.4, 0.5) is 0 Å². The molecule has 0 fully saturated rings. The summed E-state index contributed by atoms with van der Waals surface area (Å²) < 4.78 is 3.16. The second-order valence-electron chi connectivity index (χ2n) is 4.65. The van der Waals surface area contributed by atoms with Gasteiger partial charge < -0.3 is 0 Å². The molecule has 0 N–H and O–H groups in total. The second-order valence-corrected chi connectivity index (χ2v) is 5.83. The third-order valence-corrected chi connectivity index (χ3v) is 4.14. The molecular formula is C16H14BrClN2. The lowest BCUT2D eigenvalue weighted by Gasteiger charge is -2.08. The highest BCUT2D eigenvalue weighted by Crippen LogP contribution is 2.25. The zero-order valence-corrected chi connectivity index (χ0v) is 13.4. The largest absolute Gasteiger partial charge is 0.295 e. The molecular weight excluding hydrogens is 336 g/mol. The molecule has 0 aliphatic heterocycles.